The van der Waals surface area contributed by atoms with E-state index in [9.17, 15) is 14.4 Å². The highest BCUT2D eigenvalue weighted by Crippen LogP contribution is 2.36. The lowest BCUT2D eigenvalue weighted by molar-refractivity contribution is -0.133. The lowest BCUT2D eigenvalue weighted by Crippen LogP contribution is -2.42. The summed E-state index contributed by atoms with van der Waals surface area (Å²) < 4.78 is 11.3. The molecule has 4 amide bonds. The minimum Gasteiger partial charge on any atom is -0.490 e. The summed E-state index contributed by atoms with van der Waals surface area (Å²) in [6.07, 6.45) is 0.764. The van der Waals surface area contributed by atoms with Crippen LogP contribution in [0.1, 0.15) is 30.0 Å². The molecular formula is C23H25N3O5. The predicted octanol–water partition coefficient (Wildman–Crippen LogP) is 2.87. The number of hydrogen-bond donors (Lipinski definition) is 2. The van der Waals surface area contributed by atoms with E-state index in [0.717, 1.165) is 22.4 Å². The third-order valence-electron chi connectivity index (χ3n) is 5.57. The molecule has 8 nitrogen and oxygen atoms in total. The molecular weight excluding hydrogens is 398 g/mol. The van der Waals surface area contributed by atoms with Crippen molar-refractivity contribution in [2.75, 3.05) is 25.1 Å². The summed E-state index contributed by atoms with van der Waals surface area (Å²) >= 11 is 0. The van der Waals surface area contributed by atoms with Crippen LogP contribution in [0.5, 0.6) is 11.5 Å². The standard InChI is InChI=1S/C23H25N3O5/c1-14-5-6-15(2)17(11-14)24-20(27)13-26-21(28)23(3,25-22(26)29)16-7-8-18-19(12-16)31-10-4-9-30-18/h5-8,11-12H,4,9-10,13H2,1-3H3,(H,24,27)(H,25,29)/t23-/m0/s1. The first-order chi connectivity index (χ1) is 14.8. The maximum atomic E-state index is 13.2. The summed E-state index contributed by atoms with van der Waals surface area (Å²) in [6.45, 7) is 6.12. The first-order valence-corrected chi connectivity index (χ1v) is 10.2. The first-order valence-electron chi connectivity index (χ1n) is 10.2. The average molecular weight is 423 g/mol. The number of urea groups is 1. The number of imide groups is 1. The molecule has 0 aliphatic carbocycles. The molecule has 1 atom stereocenters. The van der Waals surface area contributed by atoms with Crippen LogP contribution in [0.25, 0.3) is 0 Å². The Morgan fingerprint density at radius 3 is 2.61 bits per heavy atom. The summed E-state index contributed by atoms with van der Waals surface area (Å²) in [5, 5.41) is 5.50. The molecule has 8 heteroatoms. The van der Waals surface area contributed by atoms with Crippen molar-refractivity contribution in [3.63, 3.8) is 0 Å². The molecule has 0 aromatic heterocycles. The molecule has 2 aliphatic heterocycles. The van der Waals surface area contributed by atoms with Crippen LogP contribution in [0.2, 0.25) is 0 Å². The Morgan fingerprint density at radius 1 is 1.10 bits per heavy atom. The van der Waals surface area contributed by atoms with Crippen LogP contribution in [0.3, 0.4) is 0 Å². The van der Waals surface area contributed by atoms with Crippen molar-refractivity contribution in [1.82, 2.24) is 10.2 Å². The molecule has 2 aliphatic rings. The average Bonchev–Trinajstić information content (AvgIpc) is 2.90. The number of carbonyl (C=O) groups is 3. The van der Waals surface area contributed by atoms with Gasteiger partial charge >= 0.3 is 6.03 Å². The van der Waals surface area contributed by atoms with Gasteiger partial charge in [0.25, 0.3) is 5.91 Å². The van der Waals surface area contributed by atoms with Crippen LogP contribution in [0.15, 0.2) is 36.4 Å². The van der Waals surface area contributed by atoms with E-state index >= 15 is 0 Å². The number of nitrogens with one attached hydrogen (secondary N) is 2. The van der Waals surface area contributed by atoms with Gasteiger partial charge in [0, 0.05) is 12.1 Å². The number of ether oxygens (including phenoxy) is 2. The molecule has 2 N–H and O–H groups in total. The minimum atomic E-state index is -1.30. The van der Waals surface area contributed by atoms with Gasteiger partial charge in [0.15, 0.2) is 11.5 Å². The van der Waals surface area contributed by atoms with Crippen LogP contribution in [0, 0.1) is 13.8 Å². The zero-order valence-corrected chi connectivity index (χ0v) is 17.8. The highest BCUT2D eigenvalue weighted by molar-refractivity contribution is 6.10. The maximum Gasteiger partial charge on any atom is 0.325 e. The quantitative estimate of drug-likeness (QED) is 0.737. The molecule has 0 unspecified atom stereocenters. The molecule has 4 rings (SSSR count). The van der Waals surface area contributed by atoms with Crippen molar-refractivity contribution >= 4 is 23.5 Å². The van der Waals surface area contributed by atoms with Gasteiger partial charge in [-0.25, -0.2) is 4.79 Å². The topological polar surface area (TPSA) is 97.0 Å². The highest BCUT2D eigenvalue weighted by Gasteiger charge is 2.49. The summed E-state index contributed by atoms with van der Waals surface area (Å²) in [4.78, 5) is 39.3. The largest absolute Gasteiger partial charge is 0.490 e. The number of aryl methyl sites for hydroxylation is 2. The summed E-state index contributed by atoms with van der Waals surface area (Å²) in [5.41, 5.74) is 1.81. The highest BCUT2D eigenvalue weighted by atomic mass is 16.5. The molecule has 162 valence electrons. The van der Waals surface area contributed by atoms with Gasteiger partial charge in [0.2, 0.25) is 5.91 Å². The Hall–Kier alpha value is -3.55. The van der Waals surface area contributed by atoms with Gasteiger partial charge in [-0.05, 0) is 55.7 Å². The predicted molar refractivity (Wildman–Crippen MR) is 114 cm³/mol. The molecule has 2 aromatic carbocycles. The maximum absolute atomic E-state index is 13.2. The SMILES string of the molecule is Cc1ccc(C)c(NC(=O)CN2C(=O)N[C@@](C)(c3ccc4c(c3)OCCCO4)C2=O)c1. The van der Waals surface area contributed by atoms with E-state index in [4.69, 9.17) is 9.47 Å². The van der Waals surface area contributed by atoms with Gasteiger partial charge in [-0.2, -0.15) is 0 Å². The number of nitrogens with zero attached hydrogens (tertiary/aromatic N) is 1. The number of amides is 4. The number of rotatable bonds is 4. The molecule has 1 saturated heterocycles. The monoisotopic (exact) mass is 423 g/mol. The van der Waals surface area contributed by atoms with E-state index in [-0.39, 0.29) is 6.54 Å². The fraction of sp³-hybridized carbons (Fsp3) is 0.348. The van der Waals surface area contributed by atoms with E-state index in [1.165, 1.54) is 0 Å². The van der Waals surface area contributed by atoms with Crippen LogP contribution in [-0.4, -0.2) is 42.5 Å². The van der Waals surface area contributed by atoms with Gasteiger partial charge in [-0.1, -0.05) is 18.2 Å². The Labute approximate surface area is 180 Å². The fourth-order valence-corrected chi connectivity index (χ4v) is 3.71. The van der Waals surface area contributed by atoms with Crippen molar-refractivity contribution < 1.29 is 23.9 Å². The smallest absolute Gasteiger partial charge is 0.325 e. The number of anilines is 1. The first kappa shape index (κ1) is 20.7. The Morgan fingerprint density at radius 2 is 1.84 bits per heavy atom. The molecule has 0 saturated carbocycles. The third kappa shape index (κ3) is 3.93. The summed E-state index contributed by atoms with van der Waals surface area (Å²) in [5.74, 6) is 0.194. The van der Waals surface area contributed by atoms with Gasteiger partial charge in [0.1, 0.15) is 12.1 Å². The van der Waals surface area contributed by atoms with Crippen LogP contribution in [0.4, 0.5) is 10.5 Å². The molecule has 0 spiro atoms. The lowest BCUT2D eigenvalue weighted by Gasteiger charge is -2.23. The number of hydrogen-bond acceptors (Lipinski definition) is 5. The summed E-state index contributed by atoms with van der Waals surface area (Å²) in [6, 6.07) is 10.3. The summed E-state index contributed by atoms with van der Waals surface area (Å²) in [7, 11) is 0. The van der Waals surface area contributed by atoms with E-state index < -0.39 is 23.4 Å². The molecule has 0 radical (unpaired) electrons. The second-order valence-electron chi connectivity index (χ2n) is 8.02. The van der Waals surface area contributed by atoms with Crippen molar-refractivity contribution in [3.8, 4) is 11.5 Å². The lowest BCUT2D eigenvalue weighted by atomic mass is 9.91. The Kier molecular flexibility index (Phi) is 5.31. The normalized spacial score (nSPS) is 20.3. The van der Waals surface area contributed by atoms with Gasteiger partial charge in [-0.3, -0.25) is 14.5 Å². The van der Waals surface area contributed by atoms with E-state index in [2.05, 4.69) is 10.6 Å². The Bertz CT molecular complexity index is 1070. The van der Waals surface area contributed by atoms with E-state index in [1.807, 2.05) is 32.0 Å². The van der Waals surface area contributed by atoms with Crippen LogP contribution in [-0.2, 0) is 15.1 Å². The van der Waals surface area contributed by atoms with Gasteiger partial charge < -0.3 is 20.1 Å². The molecule has 1 fully saturated rings. The second kappa shape index (κ2) is 7.94. The molecule has 2 heterocycles. The molecule has 0 bridgehead atoms. The molecule has 31 heavy (non-hydrogen) atoms. The van der Waals surface area contributed by atoms with Crippen LogP contribution >= 0.6 is 0 Å². The van der Waals surface area contributed by atoms with Crippen molar-refractivity contribution in [2.45, 2.75) is 32.7 Å². The number of benzene rings is 2. The number of fused-ring (bicyclic) bond motifs is 1. The minimum absolute atomic E-state index is 0.377. The van der Waals surface area contributed by atoms with Crippen molar-refractivity contribution in [1.29, 1.82) is 0 Å². The third-order valence-corrected chi connectivity index (χ3v) is 5.57. The van der Waals surface area contributed by atoms with Crippen LogP contribution < -0.4 is 20.1 Å². The van der Waals surface area contributed by atoms with Gasteiger partial charge in [0.05, 0.1) is 13.2 Å². The zero-order valence-electron chi connectivity index (χ0n) is 17.8. The zero-order chi connectivity index (χ0) is 22.2. The second-order valence-corrected chi connectivity index (χ2v) is 8.02. The van der Waals surface area contributed by atoms with Gasteiger partial charge in [-0.15, -0.1) is 0 Å². The van der Waals surface area contributed by atoms with Crippen molar-refractivity contribution in [3.05, 3.63) is 53.1 Å². The fourth-order valence-electron chi connectivity index (χ4n) is 3.71. The number of carbonyl (C=O) groups excluding carboxylic acids is 3. The van der Waals surface area contributed by atoms with Crippen molar-refractivity contribution in [2.24, 2.45) is 0 Å². The Balaban J connectivity index is 1.52. The molecule has 2 aromatic rings. The van der Waals surface area contributed by atoms with E-state index in [0.29, 0.717) is 36.0 Å². The van der Waals surface area contributed by atoms with E-state index in [1.54, 1.807) is 25.1 Å².